The van der Waals surface area contributed by atoms with Gasteiger partial charge in [0.2, 0.25) is 5.91 Å². The number of carbonyl (C=O) groups excluding carboxylic acids is 1. The minimum Gasteiger partial charge on any atom is -0.378 e. The molecule has 5 rings (SSSR count). The Morgan fingerprint density at radius 2 is 1.97 bits per heavy atom. The molecule has 9 nitrogen and oxygen atoms in total. The summed E-state index contributed by atoms with van der Waals surface area (Å²) in [6.07, 6.45) is 3.46. The lowest BCUT2D eigenvalue weighted by atomic mass is 10.1. The zero-order valence-corrected chi connectivity index (χ0v) is 19.3. The molecule has 3 heterocycles. The Hall–Kier alpha value is -4.00. The molecule has 178 valence electrons. The van der Waals surface area contributed by atoms with Crippen LogP contribution in [0.5, 0.6) is 0 Å². The zero-order chi connectivity index (χ0) is 24.0. The fraction of sp³-hybridized carbons (Fsp3) is 0.308. The summed E-state index contributed by atoms with van der Waals surface area (Å²) in [5.74, 6) is 1.03. The minimum absolute atomic E-state index is 0.117. The Kier molecular flexibility index (Phi) is 6.84. The fourth-order valence-electron chi connectivity index (χ4n) is 4.31. The SMILES string of the molecule is N#Cc1cc(-c2nccc(Nc3ccc(N4CCOCC4)cc3)n2)ccc1NC(=O)[C@@H]1CCCN1. The lowest BCUT2D eigenvalue weighted by molar-refractivity contribution is -0.117. The molecule has 0 unspecified atom stereocenters. The summed E-state index contributed by atoms with van der Waals surface area (Å²) in [4.78, 5) is 23.8. The average Bonchev–Trinajstić information content (AvgIpc) is 3.45. The van der Waals surface area contributed by atoms with Gasteiger partial charge in [-0.3, -0.25) is 4.79 Å². The number of rotatable bonds is 6. The Balaban J connectivity index is 1.29. The third-order valence-corrected chi connectivity index (χ3v) is 6.20. The van der Waals surface area contributed by atoms with Crippen LogP contribution in [0.25, 0.3) is 11.4 Å². The molecule has 3 aromatic rings. The topological polar surface area (TPSA) is 115 Å². The number of carbonyl (C=O) groups is 1. The molecule has 1 aromatic heterocycles. The molecule has 0 bridgehead atoms. The molecular formula is C26H27N7O2. The molecule has 1 atom stereocenters. The molecule has 9 heteroatoms. The van der Waals surface area contributed by atoms with E-state index in [9.17, 15) is 10.1 Å². The van der Waals surface area contributed by atoms with E-state index in [-0.39, 0.29) is 11.9 Å². The van der Waals surface area contributed by atoms with Crippen LogP contribution in [-0.4, -0.2) is 54.8 Å². The smallest absolute Gasteiger partial charge is 0.241 e. The van der Waals surface area contributed by atoms with Crippen LogP contribution in [-0.2, 0) is 9.53 Å². The Bertz CT molecular complexity index is 1230. The predicted octanol–water partition coefficient (Wildman–Crippen LogP) is 3.29. The van der Waals surface area contributed by atoms with Crippen LogP contribution in [0.15, 0.2) is 54.7 Å². The van der Waals surface area contributed by atoms with E-state index < -0.39 is 0 Å². The summed E-state index contributed by atoms with van der Waals surface area (Å²) < 4.78 is 5.42. The maximum atomic E-state index is 12.4. The molecular weight excluding hydrogens is 442 g/mol. The third kappa shape index (κ3) is 5.40. The van der Waals surface area contributed by atoms with Gasteiger partial charge in [-0.2, -0.15) is 5.26 Å². The van der Waals surface area contributed by atoms with Crippen molar-refractivity contribution in [1.29, 1.82) is 5.26 Å². The number of benzene rings is 2. The number of aromatic nitrogens is 2. The second-order valence-electron chi connectivity index (χ2n) is 8.55. The van der Waals surface area contributed by atoms with Gasteiger partial charge in [-0.25, -0.2) is 9.97 Å². The summed E-state index contributed by atoms with van der Waals surface area (Å²) in [5, 5.41) is 19.0. The quantitative estimate of drug-likeness (QED) is 0.504. The van der Waals surface area contributed by atoms with E-state index in [1.165, 1.54) is 5.69 Å². The molecule has 2 aromatic carbocycles. The Morgan fingerprint density at radius 1 is 1.14 bits per heavy atom. The van der Waals surface area contributed by atoms with Crippen LogP contribution < -0.4 is 20.9 Å². The Labute approximate surface area is 204 Å². The summed E-state index contributed by atoms with van der Waals surface area (Å²) in [7, 11) is 0. The molecule has 1 amide bonds. The largest absolute Gasteiger partial charge is 0.378 e. The number of nitrogens with zero attached hydrogens (tertiary/aromatic N) is 4. The number of nitrogens with one attached hydrogen (secondary N) is 3. The highest BCUT2D eigenvalue weighted by molar-refractivity contribution is 5.96. The van der Waals surface area contributed by atoms with Crippen molar-refractivity contribution in [3.63, 3.8) is 0 Å². The van der Waals surface area contributed by atoms with Crippen molar-refractivity contribution in [2.45, 2.75) is 18.9 Å². The van der Waals surface area contributed by atoms with Gasteiger partial charge >= 0.3 is 0 Å². The monoisotopic (exact) mass is 469 g/mol. The number of nitriles is 1. The summed E-state index contributed by atoms with van der Waals surface area (Å²) in [6, 6.07) is 17.2. The second-order valence-corrected chi connectivity index (χ2v) is 8.55. The zero-order valence-electron chi connectivity index (χ0n) is 19.3. The van der Waals surface area contributed by atoms with E-state index in [0.717, 1.165) is 51.4 Å². The standard InChI is InChI=1S/C26H27N7O2/c27-17-19-16-18(3-8-22(19)31-26(34)23-2-1-10-28-23)25-29-11-9-24(32-25)30-20-4-6-21(7-5-20)33-12-14-35-15-13-33/h3-9,11,16,23,28H,1-2,10,12-15H2,(H,31,34)(H,29,30,32)/t23-/m0/s1. The summed E-state index contributed by atoms with van der Waals surface area (Å²) in [5.41, 5.74) is 3.65. The van der Waals surface area contributed by atoms with Crippen LogP contribution >= 0.6 is 0 Å². The fourth-order valence-corrected chi connectivity index (χ4v) is 4.31. The molecule has 2 fully saturated rings. The van der Waals surface area contributed by atoms with Crippen molar-refractivity contribution in [3.8, 4) is 17.5 Å². The lowest BCUT2D eigenvalue weighted by Crippen LogP contribution is -2.36. The van der Waals surface area contributed by atoms with E-state index in [1.807, 2.05) is 18.2 Å². The summed E-state index contributed by atoms with van der Waals surface area (Å²) in [6.45, 7) is 4.13. The van der Waals surface area contributed by atoms with E-state index in [0.29, 0.717) is 28.5 Å². The van der Waals surface area contributed by atoms with Gasteiger partial charge in [0.1, 0.15) is 11.9 Å². The highest BCUT2D eigenvalue weighted by atomic mass is 16.5. The van der Waals surface area contributed by atoms with E-state index in [4.69, 9.17) is 4.74 Å². The van der Waals surface area contributed by atoms with Crippen molar-refractivity contribution >= 4 is 28.8 Å². The first-order valence-corrected chi connectivity index (χ1v) is 11.8. The van der Waals surface area contributed by atoms with Gasteiger partial charge in [-0.1, -0.05) is 0 Å². The van der Waals surface area contributed by atoms with Crippen molar-refractivity contribution in [3.05, 3.63) is 60.3 Å². The first kappa shape index (κ1) is 22.8. The minimum atomic E-state index is -0.213. The van der Waals surface area contributed by atoms with Crippen molar-refractivity contribution < 1.29 is 9.53 Å². The van der Waals surface area contributed by atoms with Crippen molar-refractivity contribution in [2.75, 3.05) is 48.4 Å². The van der Waals surface area contributed by atoms with Crippen molar-refractivity contribution in [2.24, 2.45) is 0 Å². The highest BCUT2D eigenvalue weighted by Crippen LogP contribution is 2.25. The van der Waals surface area contributed by atoms with Gasteiger partial charge in [-0.05, 0) is 67.9 Å². The van der Waals surface area contributed by atoms with Gasteiger partial charge in [-0.15, -0.1) is 0 Å². The Morgan fingerprint density at radius 3 is 2.71 bits per heavy atom. The number of ether oxygens (including phenoxy) is 1. The number of anilines is 4. The van der Waals surface area contributed by atoms with Gasteiger partial charge in [0.05, 0.1) is 30.5 Å². The molecule has 0 aliphatic carbocycles. The van der Waals surface area contributed by atoms with Crippen LogP contribution in [0, 0.1) is 11.3 Å². The van der Waals surface area contributed by atoms with Gasteiger partial charge < -0.3 is 25.6 Å². The molecule has 3 N–H and O–H groups in total. The van der Waals surface area contributed by atoms with E-state index in [1.54, 1.807) is 24.4 Å². The molecule has 0 spiro atoms. The molecule has 2 aliphatic heterocycles. The predicted molar refractivity (Wildman–Crippen MR) is 135 cm³/mol. The number of morpholine rings is 1. The van der Waals surface area contributed by atoms with Crippen LogP contribution in [0.3, 0.4) is 0 Å². The first-order valence-electron chi connectivity index (χ1n) is 11.8. The van der Waals surface area contributed by atoms with Gasteiger partial charge in [0.15, 0.2) is 5.82 Å². The number of hydrogen-bond donors (Lipinski definition) is 3. The van der Waals surface area contributed by atoms with Crippen LogP contribution in [0.4, 0.5) is 22.9 Å². The second kappa shape index (κ2) is 10.5. The van der Waals surface area contributed by atoms with E-state index >= 15 is 0 Å². The maximum Gasteiger partial charge on any atom is 0.241 e. The molecule has 35 heavy (non-hydrogen) atoms. The molecule has 2 aliphatic rings. The molecule has 0 saturated carbocycles. The van der Waals surface area contributed by atoms with E-state index in [2.05, 4.69) is 49.0 Å². The van der Waals surface area contributed by atoms with Crippen LogP contribution in [0.1, 0.15) is 18.4 Å². The number of amides is 1. The average molecular weight is 470 g/mol. The first-order chi connectivity index (χ1) is 17.2. The summed E-state index contributed by atoms with van der Waals surface area (Å²) >= 11 is 0. The van der Waals surface area contributed by atoms with Gasteiger partial charge in [0.25, 0.3) is 0 Å². The molecule has 2 saturated heterocycles. The molecule has 0 radical (unpaired) electrons. The number of hydrogen-bond acceptors (Lipinski definition) is 8. The van der Waals surface area contributed by atoms with Crippen molar-refractivity contribution in [1.82, 2.24) is 15.3 Å². The normalized spacial score (nSPS) is 17.6. The van der Waals surface area contributed by atoms with Crippen LogP contribution in [0.2, 0.25) is 0 Å². The highest BCUT2D eigenvalue weighted by Gasteiger charge is 2.22. The third-order valence-electron chi connectivity index (χ3n) is 6.20. The maximum absolute atomic E-state index is 12.4. The lowest BCUT2D eigenvalue weighted by Gasteiger charge is -2.28. The van der Waals surface area contributed by atoms with Gasteiger partial charge in [0, 0.05) is 36.2 Å².